The summed E-state index contributed by atoms with van der Waals surface area (Å²) in [5, 5.41) is 7.00. The van der Waals surface area contributed by atoms with Crippen molar-refractivity contribution in [1.82, 2.24) is 25.6 Å². The number of aryl methyl sites for hydroxylation is 1. The molecule has 0 unspecified atom stereocenters. The first-order chi connectivity index (χ1) is 19.2. The summed E-state index contributed by atoms with van der Waals surface area (Å²) in [6, 6.07) is 16.4. The SMILES string of the molecule is Cc1ccc(C(=O)NCc2cc3nc(-c4cccc(N5CCOC6(CNC6)C5)n4)ccc3cn2)cc1S(C)(=O)=O. The molecule has 0 radical (unpaired) electrons. The molecule has 2 saturated heterocycles. The van der Waals surface area contributed by atoms with Crippen LogP contribution in [0.3, 0.4) is 0 Å². The molecule has 2 aliphatic heterocycles. The smallest absolute Gasteiger partial charge is 0.251 e. The Morgan fingerprint density at radius 2 is 1.93 bits per heavy atom. The molecule has 2 fully saturated rings. The average molecular weight is 559 g/mol. The second-order valence-electron chi connectivity index (χ2n) is 10.4. The Hall–Kier alpha value is -3.93. The minimum Gasteiger partial charge on any atom is -0.369 e. The summed E-state index contributed by atoms with van der Waals surface area (Å²) in [5.41, 5.74) is 3.65. The van der Waals surface area contributed by atoms with Crippen LogP contribution in [-0.2, 0) is 21.1 Å². The molecule has 206 valence electrons. The largest absolute Gasteiger partial charge is 0.369 e. The van der Waals surface area contributed by atoms with Crippen LogP contribution < -0.4 is 15.5 Å². The van der Waals surface area contributed by atoms with Crippen LogP contribution >= 0.6 is 0 Å². The molecule has 5 heterocycles. The summed E-state index contributed by atoms with van der Waals surface area (Å²) in [4.78, 5) is 29.4. The topological polar surface area (TPSA) is 126 Å². The second-order valence-corrected chi connectivity index (χ2v) is 12.4. The van der Waals surface area contributed by atoms with Crippen LogP contribution in [-0.4, -0.2) is 73.9 Å². The van der Waals surface area contributed by atoms with Crippen molar-refractivity contribution >= 4 is 32.5 Å². The van der Waals surface area contributed by atoms with Crippen molar-refractivity contribution in [3.8, 4) is 11.4 Å². The molecular formula is C29H30N6O4S. The molecule has 10 nitrogen and oxygen atoms in total. The fraction of sp³-hybridized carbons (Fsp3) is 0.310. The number of nitrogens with zero attached hydrogens (tertiary/aromatic N) is 4. The van der Waals surface area contributed by atoms with E-state index >= 15 is 0 Å². The summed E-state index contributed by atoms with van der Waals surface area (Å²) in [5.74, 6) is 0.527. The van der Waals surface area contributed by atoms with E-state index in [1.807, 2.05) is 36.4 Å². The van der Waals surface area contributed by atoms with Crippen LogP contribution in [0.4, 0.5) is 5.82 Å². The maximum Gasteiger partial charge on any atom is 0.251 e. The summed E-state index contributed by atoms with van der Waals surface area (Å²) < 4.78 is 30.1. The summed E-state index contributed by atoms with van der Waals surface area (Å²) in [6.07, 6.45) is 2.86. The summed E-state index contributed by atoms with van der Waals surface area (Å²) in [7, 11) is -3.44. The molecule has 1 aromatic carbocycles. The third-order valence-electron chi connectivity index (χ3n) is 7.37. The first kappa shape index (κ1) is 26.3. The highest BCUT2D eigenvalue weighted by Crippen LogP contribution is 2.27. The first-order valence-electron chi connectivity index (χ1n) is 13.1. The first-order valence-corrected chi connectivity index (χ1v) is 15.0. The fourth-order valence-corrected chi connectivity index (χ4v) is 6.11. The Labute approximate surface area is 232 Å². The number of sulfone groups is 1. The zero-order chi connectivity index (χ0) is 27.9. The van der Waals surface area contributed by atoms with Gasteiger partial charge in [0.05, 0.1) is 47.2 Å². The van der Waals surface area contributed by atoms with E-state index < -0.39 is 9.84 Å². The van der Waals surface area contributed by atoms with Gasteiger partial charge in [-0.1, -0.05) is 12.1 Å². The molecular weight excluding hydrogens is 528 g/mol. The van der Waals surface area contributed by atoms with Gasteiger partial charge in [-0.25, -0.2) is 18.4 Å². The molecule has 0 bridgehead atoms. The lowest BCUT2D eigenvalue weighted by atomic mass is 9.94. The Morgan fingerprint density at radius 3 is 2.70 bits per heavy atom. The Kier molecular flexibility index (Phi) is 6.73. The molecule has 40 heavy (non-hydrogen) atoms. The van der Waals surface area contributed by atoms with Gasteiger partial charge < -0.3 is 20.3 Å². The predicted molar refractivity (Wildman–Crippen MR) is 152 cm³/mol. The third-order valence-corrected chi connectivity index (χ3v) is 8.61. The molecule has 0 atom stereocenters. The molecule has 2 N–H and O–H groups in total. The molecule has 2 aliphatic rings. The maximum atomic E-state index is 12.8. The van der Waals surface area contributed by atoms with E-state index in [-0.39, 0.29) is 28.5 Å². The van der Waals surface area contributed by atoms with E-state index in [2.05, 4.69) is 20.5 Å². The van der Waals surface area contributed by atoms with Crippen LogP contribution in [0.5, 0.6) is 0 Å². The van der Waals surface area contributed by atoms with Crippen molar-refractivity contribution in [2.45, 2.75) is 24.0 Å². The van der Waals surface area contributed by atoms with Gasteiger partial charge in [-0.2, -0.15) is 0 Å². The Bertz CT molecular complexity index is 1720. The highest BCUT2D eigenvalue weighted by Gasteiger charge is 2.42. The molecule has 3 aromatic heterocycles. The molecule has 6 rings (SSSR count). The van der Waals surface area contributed by atoms with Crippen molar-refractivity contribution in [1.29, 1.82) is 0 Å². The van der Waals surface area contributed by atoms with E-state index in [1.165, 1.54) is 6.07 Å². The van der Waals surface area contributed by atoms with Gasteiger partial charge in [-0.15, -0.1) is 0 Å². The summed E-state index contributed by atoms with van der Waals surface area (Å²) in [6.45, 7) is 5.87. The highest BCUT2D eigenvalue weighted by atomic mass is 32.2. The number of pyridine rings is 3. The number of carbonyl (C=O) groups is 1. The van der Waals surface area contributed by atoms with Crippen LogP contribution in [0, 0.1) is 6.92 Å². The third kappa shape index (κ3) is 5.27. The zero-order valence-electron chi connectivity index (χ0n) is 22.3. The maximum absolute atomic E-state index is 12.8. The van der Waals surface area contributed by atoms with Crippen LogP contribution in [0.15, 0.2) is 65.7 Å². The lowest BCUT2D eigenvalue weighted by Gasteiger charge is -2.49. The number of amides is 1. The number of hydrogen-bond acceptors (Lipinski definition) is 9. The highest BCUT2D eigenvalue weighted by molar-refractivity contribution is 7.90. The number of morpholine rings is 1. The second kappa shape index (κ2) is 10.2. The van der Waals surface area contributed by atoms with Crippen LogP contribution in [0.1, 0.15) is 21.6 Å². The molecule has 0 aliphatic carbocycles. The molecule has 1 amide bonds. The summed E-state index contributed by atoms with van der Waals surface area (Å²) >= 11 is 0. The van der Waals surface area contributed by atoms with Crippen molar-refractivity contribution in [2.75, 3.05) is 43.9 Å². The van der Waals surface area contributed by atoms with Gasteiger partial charge in [0.2, 0.25) is 0 Å². The number of hydrogen-bond donors (Lipinski definition) is 2. The quantitative estimate of drug-likeness (QED) is 0.367. The number of carbonyl (C=O) groups excluding carboxylic acids is 1. The Balaban J connectivity index is 1.19. The number of ether oxygens (including phenoxy) is 1. The number of anilines is 1. The zero-order valence-corrected chi connectivity index (χ0v) is 23.2. The predicted octanol–water partition coefficient (Wildman–Crippen LogP) is 2.51. The van der Waals surface area contributed by atoms with E-state index in [9.17, 15) is 13.2 Å². The lowest BCUT2D eigenvalue weighted by Crippen LogP contribution is -2.69. The van der Waals surface area contributed by atoms with Crippen molar-refractivity contribution in [2.24, 2.45) is 0 Å². The van der Waals surface area contributed by atoms with Crippen molar-refractivity contribution < 1.29 is 17.9 Å². The van der Waals surface area contributed by atoms with Crippen LogP contribution in [0.25, 0.3) is 22.3 Å². The molecule has 11 heteroatoms. The number of nitrogens with one attached hydrogen (secondary N) is 2. The molecule has 4 aromatic rings. The Morgan fingerprint density at radius 1 is 1.10 bits per heavy atom. The fourth-order valence-electron chi connectivity index (χ4n) is 5.11. The lowest BCUT2D eigenvalue weighted by molar-refractivity contribution is -0.0883. The minimum atomic E-state index is -3.44. The minimum absolute atomic E-state index is 0.120. The van der Waals surface area contributed by atoms with Crippen molar-refractivity contribution in [3.05, 3.63) is 77.6 Å². The van der Waals surface area contributed by atoms with Gasteiger partial charge in [0.25, 0.3) is 5.91 Å². The van der Waals surface area contributed by atoms with Gasteiger partial charge in [-0.05, 0) is 55.0 Å². The molecule has 0 saturated carbocycles. The van der Waals surface area contributed by atoms with E-state index in [4.69, 9.17) is 14.7 Å². The van der Waals surface area contributed by atoms with Gasteiger partial charge in [0, 0.05) is 43.0 Å². The van der Waals surface area contributed by atoms with Gasteiger partial charge in [-0.3, -0.25) is 9.78 Å². The van der Waals surface area contributed by atoms with Gasteiger partial charge in [0.1, 0.15) is 11.4 Å². The number of rotatable bonds is 6. The standard InChI is InChI=1S/C29H30N6O4S/c1-19-6-7-20(12-26(19)40(2,37)38)28(36)32-15-22-13-25-21(14-31-22)8-9-24(33-25)23-4-3-5-27(34-23)35-10-11-39-29(18-35)16-30-17-29/h3-9,12-14,30H,10-11,15-18H2,1-2H3,(H,32,36). The van der Waals surface area contributed by atoms with Gasteiger partial charge >= 0.3 is 0 Å². The van der Waals surface area contributed by atoms with E-state index in [1.54, 1.807) is 25.3 Å². The van der Waals surface area contributed by atoms with Crippen molar-refractivity contribution in [3.63, 3.8) is 0 Å². The van der Waals surface area contributed by atoms with E-state index in [0.29, 0.717) is 17.9 Å². The van der Waals surface area contributed by atoms with Crippen LogP contribution in [0.2, 0.25) is 0 Å². The normalized spacial score (nSPS) is 16.6. The molecule has 1 spiro atoms. The van der Waals surface area contributed by atoms with E-state index in [0.717, 1.165) is 60.5 Å². The average Bonchev–Trinajstić information content (AvgIpc) is 2.94. The number of benzene rings is 1. The van der Waals surface area contributed by atoms with Gasteiger partial charge in [0.15, 0.2) is 9.84 Å². The number of aromatic nitrogens is 3. The monoisotopic (exact) mass is 558 g/mol. The number of fused-ring (bicyclic) bond motifs is 1.